The SMILES string of the molecule is NC(=O)C=Cc1nc(Nc2cccc(I)c2)c2ccc(OCCCN3CCOCC3)cc2n1. The summed E-state index contributed by atoms with van der Waals surface area (Å²) in [6.07, 6.45) is 3.70. The van der Waals surface area contributed by atoms with Crippen LogP contribution < -0.4 is 15.8 Å². The van der Waals surface area contributed by atoms with E-state index in [0.717, 1.165) is 59.7 Å². The zero-order valence-corrected chi connectivity index (χ0v) is 20.3. The predicted molar refractivity (Wildman–Crippen MR) is 138 cm³/mol. The number of fused-ring (bicyclic) bond motifs is 1. The van der Waals surface area contributed by atoms with Crippen molar-refractivity contribution in [2.45, 2.75) is 6.42 Å². The molecule has 0 saturated carbocycles. The molecule has 8 nitrogen and oxygen atoms in total. The molecule has 0 radical (unpaired) electrons. The van der Waals surface area contributed by atoms with E-state index in [1.54, 1.807) is 0 Å². The van der Waals surface area contributed by atoms with Gasteiger partial charge in [0.2, 0.25) is 5.91 Å². The van der Waals surface area contributed by atoms with Gasteiger partial charge in [0.05, 0.1) is 25.3 Å². The predicted octanol–water partition coefficient (Wildman–Crippen LogP) is 3.58. The van der Waals surface area contributed by atoms with Gasteiger partial charge in [0.15, 0.2) is 5.82 Å². The first-order valence-corrected chi connectivity index (χ1v) is 11.9. The summed E-state index contributed by atoms with van der Waals surface area (Å²) in [5, 5.41) is 4.21. The number of anilines is 2. The van der Waals surface area contributed by atoms with Gasteiger partial charge < -0.3 is 20.5 Å². The Balaban J connectivity index is 1.52. The molecule has 0 spiro atoms. The first kappa shape index (κ1) is 23.4. The van der Waals surface area contributed by atoms with Gasteiger partial charge in [-0.25, -0.2) is 9.97 Å². The highest BCUT2D eigenvalue weighted by atomic mass is 127. The second kappa shape index (κ2) is 11.4. The van der Waals surface area contributed by atoms with Crippen LogP contribution in [0.1, 0.15) is 12.2 Å². The lowest BCUT2D eigenvalue weighted by Gasteiger charge is -2.26. The molecular weight excluding hydrogens is 533 g/mol. The fraction of sp³-hybridized carbons (Fsp3) is 0.292. The van der Waals surface area contributed by atoms with Crippen molar-refractivity contribution in [3.63, 3.8) is 0 Å². The molecule has 1 saturated heterocycles. The summed E-state index contributed by atoms with van der Waals surface area (Å²) >= 11 is 2.27. The molecule has 33 heavy (non-hydrogen) atoms. The van der Waals surface area contributed by atoms with Crippen LogP contribution in [0.4, 0.5) is 11.5 Å². The number of amides is 1. The monoisotopic (exact) mass is 559 g/mol. The van der Waals surface area contributed by atoms with Crippen LogP contribution in [0, 0.1) is 3.57 Å². The number of ether oxygens (including phenoxy) is 2. The van der Waals surface area contributed by atoms with Crippen molar-refractivity contribution >= 4 is 57.0 Å². The lowest BCUT2D eigenvalue weighted by atomic mass is 10.2. The maximum absolute atomic E-state index is 11.2. The first-order valence-electron chi connectivity index (χ1n) is 10.8. The molecule has 1 fully saturated rings. The largest absolute Gasteiger partial charge is 0.493 e. The molecule has 0 unspecified atom stereocenters. The molecule has 4 rings (SSSR count). The van der Waals surface area contributed by atoms with Gasteiger partial charge in [-0.15, -0.1) is 0 Å². The van der Waals surface area contributed by atoms with Crippen molar-refractivity contribution < 1.29 is 14.3 Å². The third-order valence-electron chi connectivity index (χ3n) is 5.16. The number of nitrogens with two attached hydrogens (primary N) is 1. The van der Waals surface area contributed by atoms with E-state index in [9.17, 15) is 4.79 Å². The highest BCUT2D eigenvalue weighted by Gasteiger charge is 2.11. The number of rotatable bonds is 9. The molecule has 1 amide bonds. The van der Waals surface area contributed by atoms with E-state index in [2.05, 4.69) is 42.8 Å². The summed E-state index contributed by atoms with van der Waals surface area (Å²) < 4.78 is 12.5. The Morgan fingerprint density at radius 3 is 2.85 bits per heavy atom. The summed E-state index contributed by atoms with van der Waals surface area (Å²) in [4.78, 5) is 22.7. The number of primary amides is 1. The highest BCUT2D eigenvalue weighted by Crippen LogP contribution is 2.28. The van der Waals surface area contributed by atoms with Gasteiger partial charge in [0.1, 0.15) is 11.6 Å². The maximum Gasteiger partial charge on any atom is 0.241 e. The molecule has 0 aliphatic carbocycles. The average Bonchev–Trinajstić information content (AvgIpc) is 2.81. The van der Waals surface area contributed by atoms with Crippen LogP contribution in [0.5, 0.6) is 5.75 Å². The quantitative estimate of drug-likeness (QED) is 0.235. The summed E-state index contributed by atoms with van der Waals surface area (Å²) in [6.45, 7) is 5.17. The van der Waals surface area contributed by atoms with Gasteiger partial charge in [-0.05, 0) is 65.4 Å². The summed E-state index contributed by atoms with van der Waals surface area (Å²) in [5.41, 5.74) is 6.88. The number of benzene rings is 2. The number of carbonyl (C=O) groups excluding carboxylic acids is 1. The third-order valence-corrected chi connectivity index (χ3v) is 5.83. The molecule has 1 aromatic heterocycles. The van der Waals surface area contributed by atoms with Crippen LogP contribution in [0.25, 0.3) is 17.0 Å². The molecule has 172 valence electrons. The van der Waals surface area contributed by atoms with Crippen LogP contribution >= 0.6 is 22.6 Å². The minimum Gasteiger partial charge on any atom is -0.493 e. The minimum absolute atomic E-state index is 0.388. The average molecular weight is 559 g/mol. The van der Waals surface area contributed by atoms with Crippen LogP contribution in [0.15, 0.2) is 48.5 Å². The van der Waals surface area contributed by atoms with Gasteiger partial charge in [0, 0.05) is 46.4 Å². The minimum atomic E-state index is -0.553. The molecule has 3 N–H and O–H groups in total. The highest BCUT2D eigenvalue weighted by molar-refractivity contribution is 14.1. The fourth-order valence-electron chi connectivity index (χ4n) is 3.55. The van der Waals surface area contributed by atoms with Crippen LogP contribution in [-0.4, -0.2) is 60.2 Å². The zero-order valence-electron chi connectivity index (χ0n) is 18.2. The molecule has 0 bridgehead atoms. The lowest BCUT2D eigenvalue weighted by molar-refractivity contribution is -0.113. The normalized spacial score (nSPS) is 14.6. The van der Waals surface area contributed by atoms with E-state index in [0.29, 0.717) is 23.8 Å². The van der Waals surface area contributed by atoms with Crippen molar-refractivity contribution in [2.24, 2.45) is 5.73 Å². The Labute approximate surface area is 206 Å². The van der Waals surface area contributed by atoms with E-state index in [4.69, 9.17) is 15.2 Å². The Morgan fingerprint density at radius 2 is 2.06 bits per heavy atom. The van der Waals surface area contributed by atoms with Crippen molar-refractivity contribution in [1.82, 2.24) is 14.9 Å². The second-order valence-corrected chi connectivity index (χ2v) is 8.88. The second-order valence-electron chi connectivity index (χ2n) is 7.64. The Bertz CT molecular complexity index is 1150. The van der Waals surface area contributed by atoms with Gasteiger partial charge in [-0.2, -0.15) is 0 Å². The van der Waals surface area contributed by atoms with E-state index < -0.39 is 5.91 Å². The Morgan fingerprint density at radius 1 is 1.21 bits per heavy atom. The number of halogens is 1. The standard InChI is InChI=1S/C24H26IN5O3/c25-17-3-1-4-18(15-17)27-24-20-6-5-19(33-12-2-9-30-10-13-32-14-11-30)16-21(20)28-23(29-24)8-7-22(26)31/h1,3-8,15-16H,2,9-14H2,(H2,26,31)(H,27,28,29). The maximum atomic E-state index is 11.2. The first-order chi connectivity index (χ1) is 16.1. The molecule has 2 aromatic carbocycles. The van der Waals surface area contributed by atoms with Gasteiger partial charge in [-0.1, -0.05) is 6.07 Å². The van der Waals surface area contributed by atoms with E-state index in [1.165, 1.54) is 12.2 Å². The number of nitrogens with one attached hydrogen (secondary N) is 1. The number of nitrogens with zero attached hydrogens (tertiary/aromatic N) is 3. The van der Waals surface area contributed by atoms with Crippen LogP contribution in [0.3, 0.4) is 0 Å². The molecule has 1 aliphatic heterocycles. The lowest BCUT2D eigenvalue weighted by Crippen LogP contribution is -2.37. The number of morpholine rings is 1. The molecule has 1 aliphatic rings. The molecule has 9 heteroatoms. The number of hydrogen-bond donors (Lipinski definition) is 2. The summed E-state index contributed by atoms with van der Waals surface area (Å²) in [7, 11) is 0. The number of hydrogen-bond acceptors (Lipinski definition) is 7. The number of carbonyl (C=O) groups is 1. The van der Waals surface area contributed by atoms with Crippen molar-refractivity contribution in [2.75, 3.05) is 44.8 Å². The fourth-order valence-corrected chi connectivity index (χ4v) is 4.09. The molecular formula is C24H26IN5O3. The van der Waals surface area contributed by atoms with E-state index >= 15 is 0 Å². The summed E-state index contributed by atoms with van der Waals surface area (Å²) in [5.74, 6) is 1.22. The topological polar surface area (TPSA) is 103 Å². The van der Waals surface area contributed by atoms with E-state index in [-0.39, 0.29) is 0 Å². The Kier molecular flexibility index (Phi) is 8.08. The molecule has 0 atom stereocenters. The van der Waals surface area contributed by atoms with Gasteiger partial charge in [-0.3, -0.25) is 9.69 Å². The van der Waals surface area contributed by atoms with Crippen LogP contribution in [-0.2, 0) is 9.53 Å². The van der Waals surface area contributed by atoms with Crippen molar-refractivity contribution in [1.29, 1.82) is 0 Å². The van der Waals surface area contributed by atoms with E-state index in [1.807, 2.05) is 42.5 Å². The van der Waals surface area contributed by atoms with Crippen molar-refractivity contribution in [3.8, 4) is 5.75 Å². The Hall–Kier alpha value is -2.76. The van der Waals surface area contributed by atoms with Gasteiger partial charge in [0.25, 0.3) is 0 Å². The zero-order chi connectivity index (χ0) is 23.0. The number of aromatic nitrogens is 2. The van der Waals surface area contributed by atoms with Crippen molar-refractivity contribution in [3.05, 3.63) is 57.9 Å². The third kappa shape index (κ3) is 6.86. The summed E-state index contributed by atoms with van der Waals surface area (Å²) in [6, 6.07) is 13.8. The van der Waals surface area contributed by atoms with Gasteiger partial charge >= 0.3 is 0 Å². The molecule has 3 aromatic rings. The molecule has 2 heterocycles. The van der Waals surface area contributed by atoms with Crippen LogP contribution in [0.2, 0.25) is 0 Å². The smallest absolute Gasteiger partial charge is 0.241 e.